The van der Waals surface area contributed by atoms with E-state index in [0.717, 1.165) is 15.8 Å². The molecule has 1 heterocycles. The summed E-state index contributed by atoms with van der Waals surface area (Å²) in [6.45, 7) is 0. The second-order valence-corrected chi connectivity index (χ2v) is 6.54. The largest absolute Gasteiger partial charge is 0.387 e. The van der Waals surface area contributed by atoms with Gasteiger partial charge in [-0.2, -0.15) is 0 Å². The van der Waals surface area contributed by atoms with Crippen LogP contribution < -0.4 is 0 Å². The van der Waals surface area contributed by atoms with Gasteiger partial charge in [0.1, 0.15) is 0 Å². The summed E-state index contributed by atoms with van der Waals surface area (Å²) in [6.07, 6.45) is -0.171. The number of hydrogen-bond donors (Lipinski definition) is 1. The van der Waals surface area contributed by atoms with E-state index in [1.165, 1.54) is 4.70 Å². The van der Waals surface area contributed by atoms with E-state index in [2.05, 4.69) is 6.07 Å². The van der Waals surface area contributed by atoms with Crippen LogP contribution in [-0.2, 0) is 6.42 Å². The number of aliphatic hydroxyl groups is 1. The summed E-state index contributed by atoms with van der Waals surface area (Å²) in [4.78, 5) is 0.933. The van der Waals surface area contributed by atoms with E-state index in [4.69, 9.17) is 23.2 Å². The fraction of sp³-hybridized carbons (Fsp3) is 0.125. The molecule has 1 atom stereocenters. The van der Waals surface area contributed by atoms with E-state index in [-0.39, 0.29) is 0 Å². The van der Waals surface area contributed by atoms with Crippen LogP contribution in [0.2, 0.25) is 10.0 Å². The van der Waals surface area contributed by atoms with E-state index in [0.29, 0.717) is 16.5 Å². The van der Waals surface area contributed by atoms with Gasteiger partial charge in [-0.1, -0.05) is 47.5 Å². The third-order valence-electron chi connectivity index (χ3n) is 3.23. The number of hydrogen-bond acceptors (Lipinski definition) is 2. The van der Waals surface area contributed by atoms with Crippen LogP contribution in [0.1, 0.15) is 16.5 Å². The first kappa shape index (κ1) is 13.9. The van der Waals surface area contributed by atoms with Crippen molar-refractivity contribution >= 4 is 44.6 Å². The maximum atomic E-state index is 10.4. The van der Waals surface area contributed by atoms with Gasteiger partial charge in [0, 0.05) is 26.0 Å². The average Bonchev–Trinajstić information content (AvgIpc) is 2.87. The second-order valence-electron chi connectivity index (χ2n) is 4.61. The minimum absolute atomic E-state index is 0.422. The number of rotatable bonds is 3. The summed E-state index contributed by atoms with van der Waals surface area (Å²) < 4.78 is 1.17. The van der Waals surface area contributed by atoms with Crippen LogP contribution in [0.3, 0.4) is 0 Å². The molecule has 102 valence electrons. The lowest BCUT2D eigenvalue weighted by atomic mass is 10.1. The summed E-state index contributed by atoms with van der Waals surface area (Å²) in [5.41, 5.74) is 0.792. The van der Waals surface area contributed by atoms with Crippen molar-refractivity contribution in [3.8, 4) is 0 Å². The molecule has 0 aliphatic rings. The van der Waals surface area contributed by atoms with Gasteiger partial charge < -0.3 is 5.11 Å². The third kappa shape index (κ3) is 2.70. The quantitative estimate of drug-likeness (QED) is 0.676. The monoisotopic (exact) mass is 322 g/mol. The highest BCUT2D eigenvalue weighted by atomic mass is 35.5. The van der Waals surface area contributed by atoms with Crippen LogP contribution >= 0.6 is 34.5 Å². The summed E-state index contributed by atoms with van der Waals surface area (Å²) in [6, 6.07) is 15.5. The van der Waals surface area contributed by atoms with Crippen molar-refractivity contribution in [3.05, 3.63) is 69.0 Å². The fourth-order valence-corrected chi connectivity index (χ4v) is 3.79. The van der Waals surface area contributed by atoms with Crippen LogP contribution in [0, 0.1) is 0 Å². The molecule has 0 fully saturated rings. The van der Waals surface area contributed by atoms with Crippen LogP contribution in [0.4, 0.5) is 0 Å². The van der Waals surface area contributed by atoms with Crippen molar-refractivity contribution in [2.75, 3.05) is 0 Å². The van der Waals surface area contributed by atoms with Crippen molar-refractivity contribution in [2.45, 2.75) is 12.5 Å². The molecule has 4 heteroatoms. The summed E-state index contributed by atoms with van der Waals surface area (Å²) in [5, 5.41) is 12.8. The van der Waals surface area contributed by atoms with Gasteiger partial charge in [-0.15, -0.1) is 11.3 Å². The second kappa shape index (κ2) is 5.74. The molecule has 0 amide bonds. The van der Waals surface area contributed by atoms with Crippen molar-refractivity contribution in [2.24, 2.45) is 0 Å². The van der Waals surface area contributed by atoms with Gasteiger partial charge in [0.15, 0.2) is 0 Å². The topological polar surface area (TPSA) is 20.2 Å². The molecule has 0 saturated heterocycles. The molecular formula is C16H12Cl2OS. The summed E-state index contributed by atoms with van der Waals surface area (Å²) in [7, 11) is 0. The Morgan fingerprint density at radius 1 is 1.00 bits per heavy atom. The minimum atomic E-state index is -0.593. The Labute approximate surface area is 131 Å². The normalized spacial score (nSPS) is 12.8. The van der Waals surface area contributed by atoms with Crippen molar-refractivity contribution in [1.82, 2.24) is 0 Å². The molecule has 1 nitrogen and oxygen atoms in total. The molecule has 20 heavy (non-hydrogen) atoms. The highest BCUT2D eigenvalue weighted by Crippen LogP contribution is 2.34. The summed E-state index contributed by atoms with van der Waals surface area (Å²) in [5.74, 6) is 0. The Hall–Kier alpha value is -1.06. The first-order valence-electron chi connectivity index (χ1n) is 6.24. The Balaban J connectivity index is 1.91. The maximum Gasteiger partial charge on any atom is 0.0923 e. The number of halogens is 2. The first-order valence-corrected chi connectivity index (χ1v) is 7.82. The number of benzene rings is 2. The third-order valence-corrected chi connectivity index (χ3v) is 5.16. The average molecular weight is 323 g/mol. The Morgan fingerprint density at radius 2 is 1.70 bits per heavy atom. The lowest BCUT2D eigenvalue weighted by Crippen LogP contribution is -2.00. The van der Waals surface area contributed by atoms with Gasteiger partial charge in [0.05, 0.1) is 6.10 Å². The molecule has 0 radical (unpaired) electrons. The summed E-state index contributed by atoms with van der Waals surface area (Å²) >= 11 is 13.9. The zero-order chi connectivity index (χ0) is 14.1. The van der Waals surface area contributed by atoms with E-state index in [1.54, 1.807) is 29.5 Å². The van der Waals surface area contributed by atoms with Crippen molar-refractivity contribution < 1.29 is 5.11 Å². The zero-order valence-corrected chi connectivity index (χ0v) is 12.8. The molecule has 0 spiro atoms. The number of aliphatic hydroxyl groups excluding tert-OH is 1. The smallest absolute Gasteiger partial charge is 0.0923 e. The molecule has 0 saturated carbocycles. The Kier molecular flexibility index (Phi) is 3.99. The Morgan fingerprint density at radius 3 is 2.40 bits per heavy atom. The maximum absolute atomic E-state index is 10.4. The lowest BCUT2D eigenvalue weighted by molar-refractivity contribution is 0.182. The van der Waals surface area contributed by atoms with E-state index < -0.39 is 6.10 Å². The van der Waals surface area contributed by atoms with Gasteiger partial charge in [-0.05, 0) is 35.2 Å². The molecule has 0 aliphatic carbocycles. The standard InChI is InChI=1S/C16H12Cl2OS/c17-12-5-3-6-13(18)11(12)9-14(19)16-8-10-4-1-2-7-15(10)20-16/h1-8,14,19H,9H2. The molecule has 1 N–H and O–H groups in total. The SMILES string of the molecule is OC(Cc1c(Cl)cccc1Cl)c1cc2ccccc2s1. The van der Waals surface area contributed by atoms with E-state index in [1.807, 2.05) is 24.3 Å². The molecular weight excluding hydrogens is 311 g/mol. The van der Waals surface area contributed by atoms with Crippen LogP contribution in [0.25, 0.3) is 10.1 Å². The predicted octanol–water partition coefficient (Wildman–Crippen LogP) is 5.48. The zero-order valence-electron chi connectivity index (χ0n) is 10.5. The minimum Gasteiger partial charge on any atom is -0.387 e. The van der Waals surface area contributed by atoms with Crippen LogP contribution in [0.15, 0.2) is 48.5 Å². The van der Waals surface area contributed by atoms with Crippen molar-refractivity contribution in [3.63, 3.8) is 0 Å². The predicted molar refractivity (Wildman–Crippen MR) is 87.0 cm³/mol. The van der Waals surface area contributed by atoms with Gasteiger partial charge in [-0.25, -0.2) is 0 Å². The molecule has 1 unspecified atom stereocenters. The lowest BCUT2D eigenvalue weighted by Gasteiger charge is -2.11. The highest BCUT2D eigenvalue weighted by Gasteiger charge is 2.15. The molecule has 3 aromatic rings. The van der Waals surface area contributed by atoms with Gasteiger partial charge >= 0.3 is 0 Å². The number of fused-ring (bicyclic) bond motifs is 1. The fourth-order valence-electron chi connectivity index (χ4n) is 2.19. The molecule has 0 aliphatic heterocycles. The molecule has 0 bridgehead atoms. The van der Waals surface area contributed by atoms with Crippen LogP contribution in [0.5, 0.6) is 0 Å². The van der Waals surface area contributed by atoms with Crippen LogP contribution in [-0.4, -0.2) is 5.11 Å². The van der Waals surface area contributed by atoms with Gasteiger partial charge in [0.25, 0.3) is 0 Å². The molecule has 3 rings (SSSR count). The highest BCUT2D eigenvalue weighted by molar-refractivity contribution is 7.19. The molecule has 2 aromatic carbocycles. The van der Waals surface area contributed by atoms with Gasteiger partial charge in [0.2, 0.25) is 0 Å². The van der Waals surface area contributed by atoms with Gasteiger partial charge in [-0.3, -0.25) is 0 Å². The Bertz CT molecular complexity index is 698. The number of thiophene rings is 1. The van der Waals surface area contributed by atoms with E-state index in [9.17, 15) is 5.11 Å². The van der Waals surface area contributed by atoms with Crippen molar-refractivity contribution in [1.29, 1.82) is 0 Å². The first-order chi connectivity index (χ1) is 9.65. The molecule has 1 aromatic heterocycles. The van der Waals surface area contributed by atoms with E-state index >= 15 is 0 Å².